The number of hydrogen-bond acceptors (Lipinski definition) is 5. The van der Waals surface area contributed by atoms with Gasteiger partial charge in [-0.2, -0.15) is 0 Å². The molecule has 0 spiro atoms. The summed E-state index contributed by atoms with van der Waals surface area (Å²) in [4.78, 5) is 30.8. The zero-order valence-corrected chi connectivity index (χ0v) is 22.4. The topological polar surface area (TPSA) is 76.1 Å². The monoisotopic (exact) mass is 540 g/mol. The Hall–Kier alpha value is -2.88. The molecule has 2 N–H and O–H groups in total. The summed E-state index contributed by atoms with van der Waals surface area (Å²) in [5, 5.41) is 14.3. The molecular formula is C30H38F2N4O3. The lowest BCUT2D eigenvalue weighted by molar-refractivity contribution is -0.137. The van der Waals surface area contributed by atoms with Crippen LogP contribution in [-0.2, 0) is 11.2 Å². The van der Waals surface area contributed by atoms with Gasteiger partial charge in [0.05, 0.1) is 18.7 Å². The molecule has 3 fully saturated rings. The van der Waals surface area contributed by atoms with E-state index in [1.807, 2.05) is 59.5 Å². The van der Waals surface area contributed by atoms with Gasteiger partial charge in [-0.3, -0.25) is 14.5 Å². The second-order valence-electron chi connectivity index (χ2n) is 11.2. The van der Waals surface area contributed by atoms with Gasteiger partial charge in [-0.1, -0.05) is 42.5 Å². The first-order valence-corrected chi connectivity index (χ1v) is 14.0. The molecule has 5 rings (SSSR count). The third-order valence-corrected chi connectivity index (χ3v) is 8.47. The van der Waals surface area contributed by atoms with Crippen LogP contribution in [0.5, 0.6) is 0 Å². The third kappa shape index (κ3) is 6.48. The minimum atomic E-state index is -2.79. The Bertz CT molecular complexity index is 1140. The van der Waals surface area contributed by atoms with Crippen LogP contribution in [0.25, 0.3) is 0 Å². The largest absolute Gasteiger partial charge is 0.387 e. The number of alkyl halides is 2. The molecule has 3 heterocycles. The zero-order valence-electron chi connectivity index (χ0n) is 22.4. The van der Waals surface area contributed by atoms with Crippen molar-refractivity contribution in [1.82, 2.24) is 20.0 Å². The van der Waals surface area contributed by atoms with Crippen LogP contribution in [0.3, 0.4) is 0 Å². The van der Waals surface area contributed by atoms with E-state index in [1.165, 1.54) is 4.90 Å². The van der Waals surface area contributed by atoms with Crippen LogP contribution in [0.2, 0.25) is 0 Å². The fourth-order valence-corrected chi connectivity index (χ4v) is 6.05. The molecule has 0 bridgehead atoms. The molecule has 9 heteroatoms. The number of benzene rings is 2. The summed E-state index contributed by atoms with van der Waals surface area (Å²) in [7, 11) is 0. The van der Waals surface area contributed by atoms with Crippen molar-refractivity contribution in [2.45, 2.75) is 62.8 Å². The average molecular weight is 541 g/mol. The predicted molar refractivity (Wildman–Crippen MR) is 145 cm³/mol. The van der Waals surface area contributed by atoms with E-state index in [-0.39, 0.29) is 36.9 Å². The van der Waals surface area contributed by atoms with E-state index in [9.17, 15) is 23.5 Å². The van der Waals surface area contributed by atoms with Gasteiger partial charge < -0.3 is 20.2 Å². The van der Waals surface area contributed by atoms with Crippen molar-refractivity contribution in [2.24, 2.45) is 0 Å². The van der Waals surface area contributed by atoms with Gasteiger partial charge in [0, 0.05) is 56.8 Å². The number of nitrogens with one attached hydrogen (secondary N) is 1. The molecule has 4 atom stereocenters. The number of rotatable bonds is 7. The first-order valence-electron chi connectivity index (χ1n) is 14.0. The van der Waals surface area contributed by atoms with Crippen LogP contribution in [-0.4, -0.2) is 94.9 Å². The maximum Gasteiger partial charge on any atom is 0.267 e. The smallest absolute Gasteiger partial charge is 0.267 e. The second-order valence-corrected chi connectivity index (χ2v) is 11.2. The molecule has 39 heavy (non-hydrogen) atoms. The van der Waals surface area contributed by atoms with Gasteiger partial charge in [-0.05, 0) is 49.4 Å². The van der Waals surface area contributed by atoms with Crippen LogP contribution in [0.4, 0.5) is 8.78 Å². The molecule has 2 aromatic carbocycles. The van der Waals surface area contributed by atoms with Gasteiger partial charge in [0.25, 0.3) is 11.8 Å². The van der Waals surface area contributed by atoms with Crippen LogP contribution >= 0.6 is 0 Å². The van der Waals surface area contributed by atoms with Crippen molar-refractivity contribution >= 4 is 11.8 Å². The summed E-state index contributed by atoms with van der Waals surface area (Å²) in [5.41, 5.74) is 2.70. The summed E-state index contributed by atoms with van der Waals surface area (Å²) < 4.78 is 27.1. The number of aliphatic hydroxyl groups is 1. The molecule has 0 radical (unpaired) electrons. The van der Waals surface area contributed by atoms with E-state index in [4.69, 9.17) is 0 Å². The highest BCUT2D eigenvalue weighted by Crippen LogP contribution is 2.28. The SMILES string of the molecule is CC(C(=O)N1CCC(F)(F)C1)N1CCN(C(=O)c2ccc(CC3CCC(C(O)c4ccccc4)N3)cc2)CC1. The maximum atomic E-state index is 13.5. The lowest BCUT2D eigenvalue weighted by Crippen LogP contribution is -2.55. The molecule has 0 aromatic heterocycles. The predicted octanol–water partition coefficient (Wildman–Crippen LogP) is 3.10. The summed E-state index contributed by atoms with van der Waals surface area (Å²) in [5.74, 6) is -3.10. The van der Waals surface area contributed by atoms with Crippen LogP contribution in [0, 0.1) is 0 Å². The van der Waals surface area contributed by atoms with Crippen molar-refractivity contribution in [3.8, 4) is 0 Å². The van der Waals surface area contributed by atoms with E-state index in [0.29, 0.717) is 31.7 Å². The standard InChI is InChI=1S/C30H38F2N4O3/c1-21(28(38)36-14-13-30(31,32)20-36)34-15-17-35(18-16-34)29(39)24-9-7-22(8-10-24)19-25-11-12-26(33-25)27(37)23-5-3-2-4-6-23/h2-10,21,25-27,33,37H,11-20H2,1H3. The van der Waals surface area contributed by atoms with Crippen LogP contribution in [0.1, 0.15) is 53.8 Å². The number of halogens is 2. The van der Waals surface area contributed by atoms with Crippen molar-refractivity contribution in [2.75, 3.05) is 39.3 Å². The molecule has 3 aliphatic heterocycles. The Morgan fingerprint density at radius 1 is 0.974 bits per heavy atom. The Balaban J connectivity index is 1.08. The zero-order chi connectivity index (χ0) is 27.6. The van der Waals surface area contributed by atoms with Gasteiger partial charge in [-0.25, -0.2) is 8.78 Å². The molecule has 2 aromatic rings. The third-order valence-electron chi connectivity index (χ3n) is 8.47. The van der Waals surface area contributed by atoms with Crippen molar-refractivity contribution < 1.29 is 23.5 Å². The molecule has 4 unspecified atom stereocenters. The molecular weight excluding hydrogens is 502 g/mol. The number of carbonyl (C=O) groups excluding carboxylic acids is 2. The van der Waals surface area contributed by atoms with Gasteiger partial charge >= 0.3 is 0 Å². The van der Waals surface area contributed by atoms with Gasteiger partial charge in [0.2, 0.25) is 5.91 Å². The van der Waals surface area contributed by atoms with Gasteiger partial charge in [-0.15, -0.1) is 0 Å². The highest BCUT2D eigenvalue weighted by Gasteiger charge is 2.42. The summed E-state index contributed by atoms with van der Waals surface area (Å²) in [6, 6.07) is 17.3. The molecule has 2 amide bonds. The maximum absolute atomic E-state index is 13.5. The lowest BCUT2D eigenvalue weighted by atomic mass is 10.0. The highest BCUT2D eigenvalue weighted by atomic mass is 19.3. The Labute approximate surface area is 228 Å². The van der Waals surface area contributed by atoms with Crippen molar-refractivity contribution in [3.63, 3.8) is 0 Å². The van der Waals surface area contributed by atoms with Crippen LogP contribution < -0.4 is 5.32 Å². The second kappa shape index (κ2) is 11.7. The van der Waals surface area contributed by atoms with E-state index in [1.54, 1.807) is 11.8 Å². The number of nitrogens with zero attached hydrogens (tertiary/aromatic N) is 3. The first-order chi connectivity index (χ1) is 18.7. The summed E-state index contributed by atoms with van der Waals surface area (Å²) in [6.45, 7) is 3.40. The minimum absolute atomic E-state index is 0.0335. The molecule has 7 nitrogen and oxygen atoms in total. The van der Waals surface area contributed by atoms with Gasteiger partial charge in [0.15, 0.2) is 0 Å². The normalized spacial score (nSPS) is 25.0. The average Bonchev–Trinajstić information content (AvgIpc) is 3.58. The molecule has 0 aliphatic carbocycles. The molecule has 0 saturated carbocycles. The van der Waals surface area contributed by atoms with Crippen LogP contribution in [0.15, 0.2) is 54.6 Å². The van der Waals surface area contributed by atoms with Crippen molar-refractivity contribution in [1.29, 1.82) is 0 Å². The fraction of sp³-hybridized carbons (Fsp3) is 0.533. The lowest BCUT2D eigenvalue weighted by Gasteiger charge is -2.38. The Kier molecular flexibility index (Phi) is 8.30. The molecule has 3 aliphatic rings. The number of likely N-dealkylation sites (tertiary alicyclic amines) is 1. The quantitative estimate of drug-likeness (QED) is 0.565. The number of hydrogen-bond donors (Lipinski definition) is 2. The highest BCUT2D eigenvalue weighted by molar-refractivity contribution is 5.94. The van der Waals surface area contributed by atoms with E-state index >= 15 is 0 Å². The molecule has 210 valence electrons. The molecule has 3 saturated heterocycles. The fourth-order valence-electron chi connectivity index (χ4n) is 6.05. The minimum Gasteiger partial charge on any atom is -0.387 e. The van der Waals surface area contributed by atoms with Crippen molar-refractivity contribution in [3.05, 3.63) is 71.3 Å². The van der Waals surface area contributed by atoms with E-state index in [0.717, 1.165) is 30.4 Å². The number of piperazine rings is 1. The Morgan fingerprint density at radius 2 is 1.67 bits per heavy atom. The summed E-state index contributed by atoms with van der Waals surface area (Å²) in [6.07, 6.45) is 1.93. The first kappa shape index (κ1) is 27.7. The van der Waals surface area contributed by atoms with E-state index in [2.05, 4.69) is 5.32 Å². The Morgan fingerprint density at radius 3 is 2.31 bits per heavy atom. The van der Waals surface area contributed by atoms with E-state index < -0.39 is 24.6 Å². The van der Waals surface area contributed by atoms with Gasteiger partial charge in [0.1, 0.15) is 0 Å². The summed E-state index contributed by atoms with van der Waals surface area (Å²) >= 11 is 0. The number of carbonyl (C=O) groups is 2. The number of aliphatic hydroxyl groups excluding tert-OH is 1. The number of amides is 2.